The Hall–Kier alpha value is -3.85. The fraction of sp³-hybridized carbons (Fsp3) is 0.174. The van der Waals surface area contributed by atoms with Gasteiger partial charge in [0.15, 0.2) is 16.5 Å². The lowest BCUT2D eigenvalue weighted by molar-refractivity contribution is 0.102. The predicted octanol–water partition coefficient (Wildman–Crippen LogP) is 3.91. The number of hydrogen-bond acceptors (Lipinski definition) is 7. The van der Waals surface area contributed by atoms with Crippen molar-refractivity contribution in [3.8, 4) is 17.2 Å². The average molecular weight is 452 g/mol. The Morgan fingerprint density at radius 3 is 2.69 bits per heavy atom. The molecule has 164 valence electrons. The third-order valence-electron chi connectivity index (χ3n) is 4.66. The number of nitrogens with one attached hydrogen (secondary N) is 1. The number of amides is 1. The zero-order valence-electron chi connectivity index (χ0n) is 17.7. The molecule has 2 aromatic heterocycles. The number of carbonyl (C=O) groups is 1. The summed E-state index contributed by atoms with van der Waals surface area (Å²) in [7, 11) is 3.05. The second-order valence-electron chi connectivity index (χ2n) is 6.92. The van der Waals surface area contributed by atoms with Gasteiger partial charge in [0.2, 0.25) is 0 Å². The fourth-order valence-corrected chi connectivity index (χ4v) is 3.98. The fourth-order valence-electron chi connectivity index (χ4n) is 3.13. The minimum atomic E-state index is -0.295. The van der Waals surface area contributed by atoms with Crippen LogP contribution < -0.4 is 25.1 Å². The van der Waals surface area contributed by atoms with Crippen molar-refractivity contribution >= 4 is 27.9 Å². The monoisotopic (exact) mass is 451 g/mol. The summed E-state index contributed by atoms with van der Waals surface area (Å²) in [4.78, 5) is 31.0. The molecule has 0 saturated carbocycles. The van der Waals surface area contributed by atoms with E-state index in [1.54, 1.807) is 48.7 Å². The minimum absolute atomic E-state index is 0.135. The summed E-state index contributed by atoms with van der Waals surface area (Å²) in [5, 5.41) is 2.84. The summed E-state index contributed by atoms with van der Waals surface area (Å²) in [5.74, 6) is 1.26. The maximum absolute atomic E-state index is 12.6. The van der Waals surface area contributed by atoms with Crippen LogP contribution in [0, 0.1) is 6.92 Å². The second kappa shape index (κ2) is 9.11. The molecule has 0 saturated heterocycles. The topological polar surface area (TPSA) is 91.2 Å². The van der Waals surface area contributed by atoms with Crippen molar-refractivity contribution < 1.29 is 19.0 Å². The quantitative estimate of drug-likeness (QED) is 0.458. The Kier molecular flexibility index (Phi) is 6.09. The van der Waals surface area contributed by atoms with Crippen LogP contribution in [0.15, 0.2) is 59.5 Å². The van der Waals surface area contributed by atoms with Crippen molar-refractivity contribution in [2.75, 3.05) is 19.5 Å². The number of aryl methyl sites for hydroxylation is 1. The highest BCUT2D eigenvalue weighted by atomic mass is 32.1. The number of ether oxygens (including phenoxy) is 3. The Labute approximate surface area is 188 Å². The number of fused-ring (bicyclic) bond motifs is 1. The van der Waals surface area contributed by atoms with Gasteiger partial charge in [-0.2, -0.15) is 0 Å². The van der Waals surface area contributed by atoms with E-state index in [4.69, 9.17) is 14.2 Å². The first-order valence-electron chi connectivity index (χ1n) is 9.72. The van der Waals surface area contributed by atoms with Gasteiger partial charge in [0, 0.05) is 34.5 Å². The van der Waals surface area contributed by atoms with E-state index in [1.165, 1.54) is 36.0 Å². The molecule has 0 unspecified atom stereocenters. The van der Waals surface area contributed by atoms with Crippen LogP contribution in [0.2, 0.25) is 0 Å². The molecule has 1 amide bonds. The van der Waals surface area contributed by atoms with Crippen LogP contribution in [-0.2, 0) is 6.61 Å². The van der Waals surface area contributed by atoms with Gasteiger partial charge >= 0.3 is 0 Å². The number of rotatable bonds is 7. The van der Waals surface area contributed by atoms with Gasteiger partial charge in [-0.25, -0.2) is 4.98 Å². The van der Waals surface area contributed by atoms with E-state index in [-0.39, 0.29) is 18.1 Å². The van der Waals surface area contributed by atoms with Gasteiger partial charge in [-0.15, -0.1) is 11.3 Å². The zero-order valence-corrected chi connectivity index (χ0v) is 18.6. The standard InChI is InChI=1S/C23H21N3O5S/c1-14-12-26-21(27)11-17(25-23(26)32-14)13-31-18-6-4-5-16(10-18)24-22(28)15-7-8-19(29-2)20(9-15)30-3/h4-12H,13H2,1-3H3,(H,24,28). The number of anilines is 1. The molecule has 0 aliphatic carbocycles. The van der Waals surface area contributed by atoms with E-state index >= 15 is 0 Å². The molecule has 2 aromatic carbocycles. The van der Waals surface area contributed by atoms with Crippen LogP contribution in [0.25, 0.3) is 4.96 Å². The molecule has 0 radical (unpaired) electrons. The molecular weight excluding hydrogens is 430 g/mol. The summed E-state index contributed by atoms with van der Waals surface area (Å²) in [6.45, 7) is 2.06. The summed E-state index contributed by atoms with van der Waals surface area (Å²) in [6.07, 6.45) is 1.77. The van der Waals surface area contributed by atoms with E-state index < -0.39 is 0 Å². The predicted molar refractivity (Wildman–Crippen MR) is 122 cm³/mol. The summed E-state index contributed by atoms with van der Waals surface area (Å²) in [5.41, 5.74) is 1.39. The number of aromatic nitrogens is 2. The Morgan fingerprint density at radius 1 is 1.09 bits per heavy atom. The highest BCUT2D eigenvalue weighted by Gasteiger charge is 2.12. The summed E-state index contributed by atoms with van der Waals surface area (Å²) < 4.78 is 17.8. The number of hydrogen-bond donors (Lipinski definition) is 1. The van der Waals surface area contributed by atoms with Crippen molar-refractivity contribution in [3.63, 3.8) is 0 Å². The molecule has 0 atom stereocenters. The van der Waals surface area contributed by atoms with Crippen molar-refractivity contribution in [1.29, 1.82) is 0 Å². The number of thiazole rings is 1. The first kappa shape index (κ1) is 21.4. The maximum Gasteiger partial charge on any atom is 0.258 e. The molecular formula is C23H21N3O5S. The Balaban J connectivity index is 1.46. The van der Waals surface area contributed by atoms with Crippen molar-refractivity contribution in [2.24, 2.45) is 0 Å². The van der Waals surface area contributed by atoms with Crippen LogP contribution in [-0.4, -0.2) is 29.5 Å². The van der Waals surface area contributed by atoms with Gasteiger partial charge in [0.25, 0.3) is 11.5 Å². The largest absolute Gasteiger partial charge is 0.493 e. The van der Waals surface area contributed by atoms with E-state index in [2.05, 4.69) is 10.3 Å². The van der Waals surface area contributed by atoms with Crippen molar-refractivity contribution in [1.82, 2.24) is 9.38 Å². The molecule has 0 aliphatic rings. The van der Waals surface area contributed by atoms with Gasteiger partial charge in [-0.05, 0) is 37.3 Å². The summed E-state index contributed by atoms with van der Waals surface area (Å²) in [6, 6.07) is 13.4. The lowest BCUT2D eigenvalue weighted by Crippen LogP contribution is -2.14. The lowest BCUT2D eigenvalue weighted by Gasteiger charge is -2.11. The molecule has 9 heteroatoms. The van der Waals surface area contributed by atoms with Crippen LogP contribution in [0.5, 0.6) is 17.2 Å². The molecule has 2 heterocycles. The van der Waals surface area contributed by atoms with Crippen molar-refractivity contribution in [3.05, 3.63) is 81.2 Å². The number of methoxy groups -OCH3 is 2. The van der Waals surface area contributed by atoms with Gasteiger partial charge in [-0.1, -0.05) is 6.07 Å². The zero-order chi connectivity index (χ0) is 22.7. The van der Waals surface area contributed by atoms with Crippen molar-refractivity contribution in [2.45, 2.75) is 13.5 Å². The first-order chi connectivity index (χ1) is 15.5. The van der Waals surface area contributed by atoms with Gasteiger partial charge in [-0.3, -0.25) is 14.0 Å². The number of nitrogens with zero attached hydrogens (tertiary/aromatic N) is 2. The molecule has 8 nitrogen and oxygen atoms in total. The number of carbonyl (C=O) groups excluding carboxylic acids is 1. The number of benzene rings is 2. The van der Waals surface area contributed by atoms with E-state index in [9.17, 15) is 9.59 Å². The molecule has 32 heavy (non-hydrogen) atoms. The Morgan fingerprint density at radius 2 is 1.91 bits per heavy atom. The van der Waals surface area contributed by atoms with E-state index in [0.29, 0.717) is 39.2 Å². The average Bonchev–Trinajstić information content (AvgIpc) is 3.18. The highest BCUT2D eigenvalue weighted by Crippen LogP contribution is 2.28. The maximum atomic E-state index is 12.6. The molecule has 1 N–H and O–H groups in total. The summed E-state index contributed by atoms with van der Waals surface area (Å²) >= 11 is 1.45. The van der Waals surface area contributed by atoms with Gasteiger partial charge < -0.3 is 19.5 Å². The molecule has 4 aromatic rings. The Bertz CT molecular complexity index is 1350. The van der Waals surface area contributed by atoms with Gasteiger partial charge in [0.05, 0.1) is 19.9 Å². The van der Waals surface area contributed by atoms with Gasteiger partial charge in [0.1, 0.15) is 12.4 Å². The van der Waals surface area contributed by atoms with Crippen LogP contribution >= 0.6 is 11.3 Å². The highest BCUT2D eigenvalue weighted by molar-refractivity contribution is 7.16. The van der Waals surface area contributed by atoms with Crippen LogP contribution in [0.3, 0.4) is 0 Å². The molecule has 4 rings (SSSR count). The minimum Gasteiger partial charge on any atom is -0.493 e. The van der Waals surface area contributed by atoms with Crippen LogP contribution in [0.4, 0.5) is 5.69 Å². The lowest BCUT2D eigenvalue weighted by atomic mass is 10.2. The molecule has 0 fully saturated rings. The van der Waals surface area contributed by atoms with E-state index in [1.807, 2.05) is 6.92 Å². The van der Waals surface area contributed by atoms with E-state index in [0.717, 1.165) is 4.88 Å². The third-order valence-corrected chi connectivity index (χ3v) is 5.56. The second-order valence-corrected chi connectivity index (χ2v) is 8.13. The third kappa shape index (κ3) is 4.57. The SMILES string of the molecule is COc1ccc(C(=O)Nc2cccc(OCc3cc(=O)n4cc(C)sc4n3)c2)cc1OC. The van der Waals surface area contributed by atoms with Crippen LogP contribution in [0.1, 0.15) is 20.9 Å². The molecule has 0 aliphatic heterocycles. The first-order valence-corrected chi connectivity index (χ1v) is 10.5. The normalized spacial score (nSPS) is 10.7. The molecule has 0 spiro atoms. The smallest absolute Gasteiger partial charge is 0.258 e. The molecule has 0 bridgehead atoms.